The van der Waals surface area contributed by atoms with Gasteiger partial charge in [-0.1, -0.05) is 46.8 Å². The Kier molecular flexibility index (Phi) is 15.0. The summed E-state index contributed by atoms with van der Waals surface area (Å²) in [5.74, 6) is -3.64. The number of hydrogen-bond acceptors (Lipinski definition) is 12. The summed E-state index contributed by atoms with van der Waals surface area (Å²) in [7, 11) is 0. The van der Waals surface area contributed by atoms with Crippen LogP contribution in [0.3, 0.4) is 0 Å². The molecule has 1 aliphatic carbocycles. The number of nitrogens with two attached hydrogens (primary N) is 1. The van der Waals surface area contributed by atoms with Crippen LogP contribution in [-0.4, -0.2) is 74.9 Å². The predicted molar refractivity (Wildman–Crippen MR) is 253 cm³/mol. The molecular weight excluding hydrogens is 908 g/mol. The molecule has 0 bridgehead atoms. The monoisotopic (exact) mass is 966 g/mol. The highest BCUT2D eigenvalue weighted by molar-refractivity contribution is 5.99. The van der Waals surface area contributed by atoms with Crippen LogP contribution >= 0.6 is 0 Å². The smallest absolute Gasteiger partial charge is 0.407 e. The maximum atomic E-state index is 15.4. The molecule has 2 aromatic heterocycles. The first-order valence-electron chi connectivity index (χ1n) is 23.5. The van der Waals surface area contributed by atoms with Crippen molar-refractivity contribution < 1.29 is 52.5 Å². The molecule has 2 aliphatic heterocycles. The number of cyclic esters (lactones) is 1. The van der Waals surface area contributed by atoms with Crippen LogP contribution in [0, 0.1) is 24.6 Å². The molecule has 0 saturated heterocycles. The van der Waals surface area contributed by atoms with E-state index in [0.717, 1.165) is 5.56 Å². The first-order chi connectivity index (χ1) is 33.2. The van der Waals surface area contributed by atoms with Crippen LogP contribution in [0.5, 0.6) is 0 Å². The fourth-order valence-corrected chi connectivity index (χ4v) is 9.30. The van der Waals surface area contributed by atoms with Gasteiger partial charge in [0.1, 0.15) is 36.9 Å². The lowest BCUT2D eigenvalue weighted by Crippen LogP contribution is -2.54. The van der Waals surface area contributed by atoms with Gasteiger partial charge in [0.15, 0.2) is 5.60 Å². The zero-order valence-electron chi connectivity index (χ0n) is 40.0. The van der Waals surface area contributed by atoms with Crippen molar-refractivity contribution in [1.82, 2.24) is 30.8 Å². The maximum absolute atomic E-state index is 15.4. The average molecular weight is 967 g/mol. The van der Waals surface area contributed by atoms with Gasteiger partial charge in [0.05, 0.1) is 35.1 Å². The molecule has 6 amide bonds. The number of carbonyl (C=O) groups is 7. The van der Waals surface area contributed by atoms with Crippen molar-refractivity contribution in [2.45, 2.75) is 130 Å². The molecular formula is C50H59FN8O11. The van der Waals surface area contributed by atoms with Gasteiger partial charge < -0.3 is 51.5 Å². The van der Waals surface area contributed by atoms with E-state index < -0.39 is 70.9 Å². The largest absolute Gasteiger partial charge is 0.458 e. The van der Waals surface area contributed by atoms with Gasteiger partial charge in [0.2, 0.25) is 17.7 Å². The lowest BCUT2D eigenvalue weighted by Gasteiger charge is -2.31. The Bertz CT molecular complexity index is 2850. The molecule has 0 spiro atoms. The number of nitrogens with one attached hydrogen (secondary N) is 5. The van der Waals surface area contributed by atoms with E-state index in [1.54, 1.807) is 71.9 Å². The number of amides is 6. The number of aryl methyl sites for hydroxylation is 1. The third-order valence-corrected chi connectivity index (χ3v) is 13.4. The van der Waals surface area contributed by atoms with Crippen molar-refractivity contribution in [3.63, 3.8) is 0 Å². The van der Waals surface area contributed by atoms with Gasteiger partial charge in [-0.25, -0.2) is 23.8 Å². The molecule has 0 saturated carbocycles. The minimum atomic E-state index is -2.04. The van der Waals surface area contributed by atoms with Crippen molar-refractivity contribution in [2.24, 2.45) is 17.6 Å². The highest BCUT2D eigenvalue weighted by Gasteiger charge is 2.46. The standard InChI is InChI=1S/C50H59FN8O11/c1-7-50(68)32-19-37-43-30(21-59(37)46(64)31(32)23-69-47(50)65)41-34(15-14-29-26(6)33(51)20-36(55-43)40(29)41)57-49(67)70-22-27-10-12-28(13-11-27)54-44(62)35(9-8-18-53-48(52)66)56-45(63)42(25(4)5)58-39(61)17-16-38(60)24(2)3/h10-13,19-20,24-25,34-35,42,68H,7-9,14-18,21-23H2,1-6H3,(H,54,62)(H,56,63)(H,57,67)(H,58,61)(H3,52,53,66)/t34-,35-,42-,50-/m0/s1. The molecule has 19 nitrogen and oxygen atoms in total. The Morgan fingerprint density at radius 1 is 1.00 bits per heavy atom. The Morgan fingerprint density at radius 3 is 2.40 bits per heavy atom. The fourth-order valence-electron chi connectivity index (χ4n) is 9.30. The van der Waals surface area contributed by atoms with E-state index >= 15 is 4.39 Å². The number of nitrogens with zero attached hydrogens (tertiary/aromatic N) is 2. The number of aliphatic hydroxyl groups is 1. The number of aromatic nitrogens is 2. The lowest BCUT2D eigenvalue weighted by molar-refractivity contribution is -0.172. The minimum Gasteiger partial charge on any atom is -0.458 e. The quantitative estimate of drug-likeness (QED) is 0.0474. The minimum absolute atomic E-state index is 0.0298. The number of anilines is 1. The van der Waals surface area contributed by atoms with Gasteiger partial charge >= 0.3 is 18.1 Å². The molecule has 3 aliphatic rings. The SMILES string of the molecule is CC[C@@]1(O)C(=O)OCc2c1cc1n(c2=O)Cc2c-1nc1cc(F)c(C)c3c1c2[C@@H](NC(=O)OCc1ccc(NC(=O)[C@H](CCCNC(N)=O)NC(=O)[C@@H](NC(=O)CCC(=O)C(C)C)C(C)C)cc1)CC3. The summed E-state index contributed by atoms with van der Waals surface area (Å²) in [6, 6.07) is 5.90. The normalized spacial score (nSPS) is 17.4. The number of fused-ring (bicyclic) bond motifs is 5. The third-order valence-electron chi connectivity index (χ3n) is 13.4. The van der Waals surface area contributed by atoms with E-state index in [0.29, 0.717) is 63.1 Å². The first-order valence-corrected chi connectivity index (χ1v) is 23.5. The van der Waals surface area contributed by atoms with E-state index in [4.69, 9.17) is 20.2 Å². The molecule has 70 heavy (non-hydrogen) atoms. The van der Waals surface area contributed by atoms with Crippen molar-refractivity contribution in [1.29, 1.82) is 0 Å². The van der Waals surface area contributed by atoms with Crippen molar-refractivity contribution in [2.75, 3.05) is 11.9 Å². The number of ether oxygens (including phenoxy) is 2. The number of Topliss-reactive ketones (excluding diaryl/α,β-unsaturated/α-hetero) is 1. The average Bonchev–Trinajstić information content (AvgIpc) is 3.69. The fraction of sp³-hybridized carbons (Fsp3) is 0.460. The van der Waals surface area contributed by atoms with E-state index in [2.05, 4.69) is 26.6 Å². The number of ketones is 1. The van der Waals surface area contributed by atoms with Crippen molar-refractivity contribution in [3.05, 3.63) is 91.5 Å². The van der Waals surface area contributed by atoms with Crippen LogP contribution in [0.15, 0.2) is 41.2 Å². The van der Waals surface area contributed by atoms with E-state index in [-0.39, 0.29) is 87.2 Å². The van der Waals surface area contributed by atoms with Crippen LogP contribution in [0.2, 0.25) is 0 Å². The molecule has 4 atom stereocenters. The summed E-state index contributed by atoms with van der Waals surface area (Å²) in [5.41, 5.74) is 7.46. The van der Waals surface area contributed by atoms with Crippen LogP contribution < -0.4 is 37.9 Å². The lowest BCUT2D eigenvalue weighted by atomic mass is 9.81. The summed E-state index contributed by atoms with van der Waals surface area (Å²) < 4.78 is 27.8. The number of pyridine rings is 2. The Hall–Kier alpha value is -7.22. The predicted octanol–water partition coefficient (Wildman–Crippen LogP) is 4.46. The number of benzene rings is 2. The summed E-state index contributed by atoms with van der Waals surface area (Å²) in [4.78, 5) is 108. The second-order valence-corrected chi connectivity index (χ2v) is 18.7. The molecule has 4 aromatic rings. The summed E-state index contributed by atoms with van der Waals surface area (Å²) in [6.45, 7) is 9.99. The number of halogens is 1. The highest BCUT2D eigenvalue weighted by Crippen LogP contribution is 2.46. The van der Waals surface area contributed by atoms with Gasteiger partial charge in [-0.05, 0) is 85.4 Å². The van der Waals surface area contributed by atoms with E-state index in [1.807, 2.05) is 0 Å². The summed E-state index contributed by atoms with van der Waals surface area (Å²) >= 11 is 0. The van der Waals surface area contributed by atoms with E-state index in [9.17, 15) is 43.5 Å². The molecule has 8 N–H and O–H groups in total. The first kappa shape index (κ1) is 50.7. The number of alkyl carbamates (subject to hydrolysis) is 1. The van der Waals surface area contributed by atoms with Crippen molar-refractivity contribution in [3.8, 4) is 11.4 Å². The number of carbonyl (C=O) groups excluding carboxylic acids is 7. The van der Waals surface area contributed by atoms with Crippen LogP contribution in [-0.2, 0) is 65.2 Å². The van der Waals surface area contributed by atoms with Crippen LogP contribution in [0.25, 0.3) is 22.3 Å². The zero-order valence-corrected chi connectivity index (χ0v) is 40.0. The van der Waals surface area contributed by atoms with Gasteiger partial charge in [-0.3, -0.25) is 24.0 Å². The van der Waals surface area contributed by atoms with Gasteiger partial charge in [-0.15, -0.1) is 0 Å². The van der Waals surface area contributed by atoms with E-state index in [1.165, 1.54) is 10.6 Å². The molecule has 0 unspecified atom stereocenters. The topological polar surface area (TPSA) is 279 Å². The summed E-state index contributed by atoms with van der Waals surface area (Å²) in [5, 5.41) is 25.7. The highest BCUT2D eigenvalue weighted by atomic mass is 19.1. The molecule has 372 valence electrons. The molecule has 2 aromatic carbocycles. The third kappa shape index (κ3) is 10.4. The number of esters is 1. The number of rotatable bonds is 18. The number of primary amides is 1. The Balaban J connectivity index is 1.03. The second kappa shape index (κ2) is 20.8. The van der Waals surface area contributed by atoms with Gasteiger partial charge in [-0.2, -0.15) is 0 Å². The maximum Gasteiger partial charge on any atom is 0.407 e. The Labute approximate surface area is 402 Å². The Morgan fingerprint density at radius 2 is 1.73 bits per heavy atom. The van der Waals surface area contributed by atoms with Gasteiger partial charge in [0.25, 0.3) is 5.56 Å². The number of urea groups is 1. The second-order valence-electron chi connectivity index (χ2n) is 18.7. The van der Waals surface area contributed by atoms with Gasteiger partial charge in [0, 0.05) is 53.6 Å². The molecule has 4 heterocycles. The van der Waals surface area contributed by atoms with Crippen LogP contribution in [0.4, 0.5) is 19.7 Å². The van der Waals surface area contributed by atoms with Crippen LogP contribution in [0.1, 0.15) is 118 Å². The molecule has 7 rings (SSSR count). The summed E-state index contributed by atoms with van der Waals surface area (Å²) in [6.07, 6.45) is 0.323. The molecule has 20 heteroatoms. The molecule has 0 fully saturated rings. The zero-order chi connectivity index (χ0) is 50.8. The molecule has 0 radical (unpaired) electrons. The number of hydrogen-bond donors (Lipinski definition) is 7. The van der Waals surface area contributed by atoms with Crippen molar-refractivity contribution >= 4 is 58.2 Å².